The lowest BCUT2D eigenvalue weighted by Gasteiger charge is -2.35. The van der Waals surface area contributed by atoms with E-state index in [0.717, 1.165) is 50.9 Å². The van der Waals surface area contributed by atoms with Crippen LogP contribution in [0.3, 0.4) is 0 Å². The number of likely N-dealkylation sites (tertiary alicyclic amines) is 2. The van der Waals surface area contributed by atoms with Crippen LogP contribution in [-0.2, 0) is 30.3 Å². The highest BCUT2D eigenvalue weighted by Gasteiger charge is 2.42. The van der Waals surface area contributed by atoms with E-state index in [1.807, 2.05) is 12.1 Å². The molecule has 0 spiro atoms. The summed E-state index contributed by atoms with van der Waals surface area (Å²) in [4.78, 5) is 54.3. The summed E-state index contributed by atoms with van der Waals surface area (Å²) in [6, 6.07) is 11.7. The van der Waals surface area contributed by atoms with Gasteiger partial charge in [0.25, 0.3) is 0 Å². The Bertz CT molecular complexity index is 1410. The Balaban J connectivity index is 1.26. The first-order valence-corrected chi connectivity index (χ1v) is 16.4. The highest BCUT2D eigenvalue weighted by atomic mass is 35.5. The molecule has 2 amide bonds. The quantitative estimate of drug-likeness (QED) is 0.152. The van der Waals surface area contributed by atoms with Crippen LogP contribution in [0.1, 0.15) is 50.5 Å². The van der Waals surface area contributed by atoms with E-state index >= 15 is 0 Å². The number of carbonyl (C=O) groups excluding carboxylic acids is 4. The zero-order chi connectivity index (χ0) is 34.1. The van der Waals surface area contributed by atoms with Gasteiger partial charge in [-0.05, 0) is 100.0 Å². The average Bonchev–Trinajstić information content (AvgIpc) is 3.04. The van der Waals surface area contributed by atoms with E-state index in [1.54, 1.807) is 23.1 Å². The second-order valence-electron chi connectivity index (χ2n) is 12.0. The van der Waals surface area contributed by atoms with E-state index in [-0.39, 0.29) is 30.7 Å². The maximum atomic E-state index is 13.8. The van der Waals surface area contributed by atoms with Gasteiger partial charge in [0.1, 0.15) is 5.82 Å². The molecule has 0 aliphatic carbocycles. The second-order valence-corrected chi connectivity index (χ2v) is 12.8. The Kier molecular flexibility index (Phi) is 13.0. The fourth-order valence-electron chi connectivity index (χ4n) is 6.02. The highest BCUT2D eigenvalue weighted by Crippen LogP contribution is 2.30. The summed E-state index contributed by atoms with van der Waals surface area (Å²) in [5.41, 5.74) is 1.76. The third kappa shape index (κ3) is 10.9. The van der Waals surface area contributed by atoms with Gasteiger partial charge in [-0.25, -0.2) is 9.18 Å². The molecule has 0 radical (unpaired) electrons. The van der Waals surface area contributed by atoms with E-state index in [4.69, 9.17) is 23.2 Å². The van der Waals surface area contributed by atoms with E-state index in [2.05, 4.69) is 9.64 Å². The van der Waals surface area contributed by atoms with Crippen LogP contribution < -0.4 is 4.90 Å². The van der Waals surface area contributed by atoms with Crippen LogP contribution >= 0.6 is 23.2 Å². The molecule has 2 saturated heterocycles. The van der Waals surface area contributed by atoms with Crippen molar-refractivity contribution >= 4 is 52.6 Å². The fourth-order valence-corrected chi connectivity index (χ4v) is 6.31. The molecule has 8 nitrogen and oxygen atoms in total. The largest absolute Gasteiger partial charge is 0.491 e. The summed E-state index contributed by atoms with van der Waals surface area (Å²) in [6.07, 6.45) is -1.94. The number of ether oxygens (including phenoxy) is 1. The van der Waals surface area contributed by atoms with Crippen molar-refractivity contribution in [1.29, 1.82) is 0 Å². The van der Waals surface area contributed by atoms with Crippen LogP contribution in [0.15, 0.2) is 42.5 Å². The van der Waals surface area contributed by atoms with Gasteiger partial charge < -0.3 is 19.4 Å². The van der Waals surface area contributed by atoms with E-state index < -0.39 is 36.9 Å². The predicted molar refractivity (Wildman–Crippen MR) is 168 cm³/mol. The number of anilines is 1. The van der Waals surface area contributed by atoms with Crippen molar-refractivity contribution in [1.82, 2.24) is 9.80 Å². The van der Waals surface area contributed by atoms with Crippen LogP contribution in [0.2, 0.25) is 10.0 Å². The standard InChI is InChI=1S/C33H37Cl2F4N3O5/c34-27-7-6-26(21-28(27)35)42(15-1-14-40-16-10-23(11-17-40)20-22-2-4-25(36)5-3-22)31(45)24-12-18-41(19-13-24)29(43)8-9-30(44)47-32(46)33(37,38)39/h2-7,21,23-24H,1,8-20H2. The Morgan fingerprint density at radius 1 is 0.872 bits per heavy atom. The van der Waals surface area contributed by atoms with Crippen LogP contribution in [0.25, 0.3) is 0 Å². The van der Waals surface area contributed by atoms with Crippen molar-refractivity contribution < 1.29 is 41.5 Å². The molecule has 2 aromatic rings. The van der Waals surface area contributed by atoms with Gasteiger partial charge in [-0.15, -0.1) is 0 Å². The minimum absolute atomic E-state index is 0.109. The number of hydrogen-bond donors (Lipinski definition) is 0. The molecular formula is C33H37Cl2F4N3O5. The van der Waals surface area contributed by atoms with Gasteiger partial charge in [-0.3, -0.25) is 14.4 Å². The van der Waals surface area contributed by atoms with Crippen molar-refractivity contribution in [3.8, 4) is 0 Å². The molecule has 0 N–H and O–H groups in total. The normalized spacial score (nSPS) is 16.6. The third-order valence-electron chi connectivity index (χ3n) is 8.66. The number of carbonyl (C=O) groups is 4. The van der Waals surface area contributed by atoms with Gasteiger partial charge >= 0.3 is 18.1 Å². The summed E-state index contributed by atoms with van der Waals surface area (Å²) in [6.45, 7) is 3.59. The maximum absolute atomic E-state index is 13.8. The lowest BCUT2D eigenvalue weighted by Crippen LogP contribution is -2.45. The van der Waals surface area contributed by atoms with Crippen molar-refractivity contribution in [2.24, 2.45) is 11.8 Å². The number of rotatable bonds is 11. The summed E-state index contributed by atoms with van der Waals surface area (Å²) < 4.78 is 53.8. The number of halogens is 6. The third-order valence-corrected chi connectivity index (χ3v) is 9.40. The number of amides is 2. The van der Waals surface area contributed by atoms with E-state index in [1.165, 1.54) is 17.0 Å². The van der Waals surface area contributed by atoms with E-state index in [9.17, 15) is 36.7 Å². The fraction of sp³-hybridized carbons (Fsp3) is 0.515. The molecule has 2 aromatic carbocycles. The first-order valence-electron chi connectivity index (χ1n) is 15.6. The molecule has 0 atom stereocenters. The van der Waals surface area contributed by atoms with E-state index in [0.29, 0.717) is 41.0 Å². The van der Waals surface area contributed by atoms with Crippen molar-refractivity contribution in [2.75, 3.05) is 44.2 Å². The van der Waals surface area contributed by atoms with Crippen LogP contribution in [0, 0.1) is 17.7 Å². The maximum Gasteiger partial charge on any atom is 0.491 e. The van der Waals surface area contributed by atoms with Crippen LogP contribution in [0.4, 0.5) is 23.2 Å². The van der Waals surface area contributed by atoms with Gasteiger partial charge in [-0.1, -0.05) is 35.3 Å². The summed E-state index contributed by atoms with van der Waals surface area (Å²) in [5, 5.41) is 0.686. The first kappa shape index (κ1) is 36.6. The number of piperidine rings is 2. The average molecular weight is 703 g/mol. The molecule has 256 valence electrons. The Morgan fingerprint density at radius 3 is 2.15 bits per heavy atom. The van der Waals surface area contributed by atoms with Gasteiger partial charge in [0, 0.05) is 37.7 Å². The molecule has 47 heavy (non-hydrogen) atoms. The van der Waals surface area contributed by atoms with Gasteiger partial charge in [-0.2, -0.15) is 13.2 Å². The molecule has 2 fully saturated rings. The SMILES string of the molecule is O=C(CCC(=O)N1CCC(C(=O)N(CCCN2CCC(Cc3ccc(F)cc3)CC2)c2ccc(Cl)c(Cl)c2)CC1)OC(=O)C(F)(F)F. The summed E-state index contributed by atoms with van der Waals surface area (Å²) in [7, 11) is 0. The number of benzene rings is 2. The van der Waals surface area contributed by atoms with Crippen LogP contribution in [0.5, 0.6) is 0 Å². The Labute approximate surface area is 280 Å². The smallest absolute Gasteiger partial charge is 0.386 e. The minimum atomic E-state index is -5.30. The number of nitrogens with zero attached hydrogens (tertiary/aromatic N) is 3. The molecule has 4 rings (SSSR count). The van der Waals surface area contributed by atoms with Crippen molar-refractivity contribution in [3.63, 3.8) is 0 Å². The topological polar surface area (TPSA) is 87.2 Å². The highest BCUT2D eigenvalue weighted by molar-refractivity contribution is 6.42. The number of esters is 2. The first-order chi connectivity index (χ1) is 22.3. The predicted octanol–water partition coefficient (Wildman–Crippen LogP) is 6.46. The molecule has 14 heteroatoms. The zero-order valence-corrected chi connectivity index (χ0v) is 27.3. The Morgan fingerprint density at radius 2 is 1.53 bits per heavy atom. The van der Waals surface area contributed by atoms with Gasteiger partial charge in [0.2, 0.25) is 11.8 Å². The Hall–Kier alpha value is -3.22. The molecule has 2 heterocycles. The molecule has 0 aromatic heterocycles. The molecule has 0 unspecified atom stereocenters. The molecule has 2 aliphatic rings. The van der Waals surface area contributed by atoms with Crippen molar-refractivity contribution in [2.45, 2.75) is 57.5 Å². The molecule has 0 bridgehead atoms. The monoisotopic (exact) mass is 701 g/mol. The number of hydrogen-bond acceptors (Lipinski definition) is 6. The zero-order valence-electron chi connectivity index (χ0n) is 25.7. The number of alkyl halides is 3. The van der Waals surface area contributed by atoms with Gasteiger partial charge in [0.05, 0.1) is 16.5 Å². The lowest BCUT2D eigenvalue weighted by molar-refractivity contribution is -0.202. The lowest BCUT2D eigenvalue weighted by atomic mass is 9.90. The molecular weight excluding hydrogens is 665 g/mol. The second kappa shape index (κ2) is 16.7. The van der Waals surface area contributed by atoms with Crippen molar-refractivity contribution in [3.05, 3.63) is 63.9 Å². The molecule has 2 aliphatic heterocycles. The molecule has 0 saturated carbocycles. The summed E-state index contributed by atoms with van der Waals surface area (Å²) in [5.74, 6) is -4.72. The van der Waals surface area contributed by atoms with Crippen LogP contribution in [-0.4, -0.2) is 79.0 Å². The van der Waals surface area contributed by atoms with Gasteiger partial charge in [0.15, 0.2) is 0 Å². The minimum Gasteiger partial charge on any atom is -0.386 e. The summed E-state index contributed by atoms with van der Waals surface area (Å²) >= 11 is 12.4.